The van der Waals surface area contributed by atoms with Crippen molar-refractivity contribution in [3.8, 4) is 5.75 Å². The lowest BCUT2D eigenvalue weighted by atomic mass is 10.0. The summed E-state index contributed by atoms with van der Waals surface area (Å²) in [7, 11) is 0. The highest BCUT2D eigenvalue weighted by atomic mass is 32.2. The van der Waals surface area contributed by atoms with Gasteiger partial charge in [-0.1, -0.05) is 0 Å². The zero-order valence-corrected chi connectivity index (χ0v) is 11.7. The molecule has 1 aromatic carbocycles. The lowest BCUT2D eigenvalue weighted by Crippen LogP contribution is -2.21. The molecule has 6 heteroatoms. The lowest BCUT2D eigenvalue weighted by molar-refractivity contribution is 0.0536. The second-order valence-electron chi connectivity index (χ2n) is 4.20. The number of benzene rings is 1. The summed E-state index contributed by atoms with van der Waals surface area (Å²) >= 11 is -1.97. The number of aliphatic hydroxyl groups excluding tert-OH is 2. The Hall–Kier alpha value is -1.21. The number of rotatable bonds is 6. The van der Waals surface area contributed by atoms with Crippen LogP contribution in [0.4, 0.5) is 0 Å². The van der Waals surface area contributed by atoms with E-state index in [1.54, 1.807) is 18.2 Å². The maximum Gasteiger partial charge on any atom is 0.178 e. The fourth-order valence-electron chi connectivity index (χ4n) is 1.65. The maximum absolute atomic E-state index is 10.6. The van der Waals surface area contributed by atoms with Crippen molar-refractivity contribution in [3.05, 3.63) is 34.2 Å². The molecule has 0 aliphatic rings. The Kier molecular flexibility index (Phi) is 6.17. The number of aryl methyl sites for hydroxylation is 2. The molecule has 1 unspecified atom stereocenters. The van der Waals surface area contributed by atoms with E-state index < -0.39 is 17.2 Å². The highest BCUT2D eigenvalue weighted by Gasteiger charge is 2.06. The van der Waals surface area contributed by atoms with Gasteiger partial charge in [0.15, 0.2) is 11.1 Å². The van der Waals surface area contributed by atoms with Gasteiger partial charge in [0.1, 0.15) is 18.5 Å². The highest BCUT2D eigenvalue weighted by Crippen LogP contribution is 2.23. The number of hydrogen-bond acceptors (Lipinski definition) is 4. The molecule has 0 saturated carbocycles. The van der Waals surface area contributed by atoms with E-state index >= 15 is 0 Å². The van der Waals surface area contributed by atoms with Crippen molar-refractivity contribution < 1.29 is 23.7 Å². The Morgan fingerprint density at radius 1 is 1.37 bits per heavy atom. The van der Waals surface area contributed by atoms with Crippen molar-refractivity contribution in [2.75, 3.05) is 13.2 Å². The van der Waals surface area contributed by atoms with Gasteiger partial charge in [-0.2, -0.15) is 0 Å². The molecule has 0 radical (unpaired) electrons. The predicted octanol–water partition coefficient (Wildman–Crippen LogP) is 1.23. The summed E-state index contributed by atoms with van der Waals surface area (Å²) < 4.78 is 24.7. The third-order valence-electron chi connectivity index (χ3n) is 2.57. The molecule has 0 amide bonds. The SMILES string of the molecule is Cc1cc(OC[C@H](O)CO)cc(C)c1/C=C/S(=O)O. The van der Waals surface area contributed by atoms with E-state index in [4.69, 9.17) is 14.4 Å². The first kappa shape index (κ1) is 15.8. The van der Waals surface area contributed by atoms with Crippen LogP contribution < -0.4 is 4.74 Å². The van der Waals surface area contributed by atoms with Gasteiger partial charge >= 0.3 is 0 Å². The van der Waals surface area contributed by atoms with Crippen LogP contribution in [0.5, 0.6) is 5.75 Å². The van der Waals surface area contributed by atoms with Crippen molar-refractivity contribution in [3.63, 3.8) is 0 Å². The molecule has 0 aliphatic carbocycles. The molecule has 0 heterocycles. The summed E-state index contributed by atoms with van der Waals surface area (Å²) in [6.07, 6.45) is 0.685. The van der Waals surface area contributed by atoms with Crippen molar-refractivity contribution >= 4 is 17.2 Å². The summed E-state index contributed by atoms with van der Waals surface area (Å²) in [5.41, 5.74) is 2.66. The molecule has 0 bridgehead atoms. The fourth-order valence-corrected chi connectivity index (χ4v) is 1.91. The molecule has 0 fully saturated rings. The first-order chi connectivity index (χ1) is 8.93. The average Bonchev–Trinajstić information content (AvgIpc) is 2.34. The lowest BCUT2D eigenvalue weighted by Gasteiger charge is -2.13. The summed E-state index contributed by atoms with van der Waals surface area (Å²) in [4.78, 5) is 0. The van der Waals surface area contributed by atoms with Crippen molar-refractivity contribution in [2.24, 2.45) is 0 Å². The Bertz CT molecular complexity index is 461. The summed E-state index contributed by atoms with van der Waals surface area (Å²) in [5, 5.41) is 19.1. The molecule has 1 aromatic rings. The van der Waals surface area contributed by atoms with E-state index in [0.29, 0.717) is 5.75 Å². The second kappa shape index (κ2) is 7.40. The number of hydrogen-bond donors (Lipinski definition) is 3. The molecule has 0 aliphatic heterocycles. The van der Waals surface area contributed by atoms with Crippen molar-refractivity contribution in [2.45, 2.75) is 20.0 Å². The molecule has 0 aromatic heterocycles. The van der Waals surface area contributed by atoms with Crippen molar-refractivity contribution in [1.29, 1.82) is 0 Å². The van der Waals surface area contributed by atoms with Gasteiger partial charge in [0.05, 0.1) is 6.61 Å². The summed E-state index contributed by atoms with van der Waals surface area (Å²) in [6, 6.07) is 3.55. The van der Waals surface area contributed by atoms with E-state index in [1.807, 2.05) is 13.8 Å². The zero-order chi connectivity index (χ0) is 14.4. The van der Waals surface area contributed by atoms with Crippen LogP contribution in [0.15, 0.2) is 17.5 Å². The molecule has 3 N–H and O–H groups in total. The summed E-state index contributed by atoms with van der Waals surface area (Å²) in [5.74, 6) is 0.588. The third-order valence-corrected chi connectivity index (χ3v) is 2.94. The highest BCUT2D eigenvalue weighted by molar-refractivity contribution is 7.82. The van der Waals surface area contributed by atoms with Crippen LogP contribution in [0.25, 0.3) is 6.08 Å². The number of aliphatic hydroxyl groups is 2. The molecule has 0 spiro atoms. The predicted molar refractivity (Wildman–Crippen MR) is 74.3 cm³/mol. The van der Waals surface area contributed by atoms with Crippen LogP contribution in [-0.4, -0.2) is 38.3 Å². The van der Waals surface area contributed by atoms with Crippen LogP contribution in [-0.2, 0) is 11.1 Å². The Morgan fingerprint density at radius 3 is 2.42 bits per heavy atom. The van der Waals surface area contributed by atoms with Gasteiger partial charge in [-0.25, -0.2) is 4.21 Å². The molecule has 0 saturated heterocycles. The van der Waals surface area contributed by atoms with Gasteiger partial charge in [-0.3, -0.25) is 0 Å². The molecule has 19 heavy (non-hydrogen) atoms. The van der Waals surface area contributed by atoms with Crippen molar-refractivity contribution in [1.82, 2.24) is 0 Å². The van der Waals surface area contributed by atoms with Crippen LogP contribution in [0, 0.1) is 13.8 Å². The van der Waals surface area contributed by atoms with Gasteiger partial charge < -0.3 is 19.5 Å². The van der Waals surface area contributed by atoms with Gasteiger partial charge in [-0.15, -0.1) is 0 Å². The first-order valence-electron chi connectivity index (χ1n) is 5.75. The normalized spacial score (nSPS) is 14.6. The number of ether oxygens (including phenoxy) is 1. The third kappa shape index (κ3) is 5.12. The van der Waals surface area contributed by atoms with Crippen LogP contribution in [0.3, 0.4) is 0 Å². The van der Waals surface area contributed by atoms with E-state index in [-0.39, 0.29) is 13.2 Å². The molecule has 106 valence electrons. The van der Waals surface area contributed by atoms with Crippen LogP contribution >= 0.6 is 0 Å². The Labute approximate surface area is 114 Å². The summed E-state index contributed by atoms with van der Waals surface area (Å²) in [6.45, 7) is 3.40. The van der Waals surface area contributed by atoms with E-state index in [0.717, 1.165) is 16.7 Å². The minimum absolute atomic E-state index is 0.0191. The van der Waals surface area contributed by atoms with Gasteiger partial charge in [0.25, 0.3) is 0 Å². The quantitative estimate of drug-likeness (QED) is 0.685. The Morgan fingerprint density at radius 2 is 1.95 bits per heavy atom. The molecular weight excluding hydrogens is 268 g/mol. The maximum atomic E-state index is 10.6. The van der Waals surface area contributed by atoms with E-state index in [2.05, 4.69) is 0 Å². The minimum atomic E-state index is -1.97. The van der Waals surface area contributed by atoms with E-state index in [9.17, 15) is 9.32 Å². The fraction of sp³-hybridized carbons (Fsp3) is 0.385. The van der Waals surface area contributed by atoms with Gasteiger partial charge in [0, 0.05) is 5.41 Å². The molecule has 5 nitrogen and oxygen atoms in total. The van der Waals surface area contributed by atoms with Gasteiger partial charge in [0.2, 0.25) is 0 Å². The monoisotopic (exact) mass is 286 g/mol. The smallest absolute Gasteiger partial charge is 0.178 e. The minimum Gasteiger partial charge on any atom is -0.491 e. The first-order valence-corrected chi connectivity index (χ1v) is 6.92. The topological polar surface area (TPSA) is 87.0 Å². The van der Waals surface area contributed by atoms with Gasteiger partial charge in [-0.05, 0) is 48.7 Å². The van der Waals surface area contributed by atoms with Crippen LogP contribution in [0.2, 0.25) is 0 Å². The second-order valence-corrected chi connectivity index (χ2v) is 5.02. The average molecular weight is 286 g/mol. The Balaban J connectivity index is 2.87. The molecule has 2 atom stereocenters. The largest absolute Gasteiger partial charge is 0.491 e. The molecule has 1 rings (SSSR count). The van der Waals surface area contributed by atoms with Crippen LogP contribution in [0.1, 0.15) is 16.7 Å². The van der Waals surface area contributed by atoms with E-state index in [1.165, 1.54) is 5.41 Å². The zero-order valence-electron chi connectivity index (χ0n) is 10.9. The standard InChI is InChI=1S/C13H18O5S/c1-9-5-12(18-8-11(15)7-14)6-10(2)13(9)3-4-19(16)17/h3-6,11,14-15H,7-8H2,1-2H3,(H,16,17)/b4-3+/t11-/m1/s1. The molecular formula is C13H18O5S.